The fraction of sp³-hybridized carbons (Fsp3) is 0.500. The van der Waals surface area contributed by atoms with Crippen molar-refractivity contribution in [1.82, 2.24) is 9.22 Å². The van der Waals surface area contributed by atoms with E-state index in [-0.39, 0.29) is 11.2 Å². The van der Waals surface area contributed by atoms with E-state index in [4.69, 9.17) is 0 Å². The molecule has 0 amide bonds. The lowest BCUT2D eigenvalue weighted by Crippen LogP contribution is -2.44. The van der Waals surface area contributed by atoms with E-state index < -0.39 is 8.24 Å². The molecular formula is C8H14N2O2Si. The molecule has 0 atom stereocenters. The molecule has 0 spiro atoms. The zero-order chi connectivity index (χ0) is 10.2. The van der Waals surface area contributed by atoms with Crippen LogP contribution in [0.25, 0.3) is 0 Å². The smallest absolute Gasteiger partial charge is 0.320 e. The van der Waals surface area contributed by atoms with Gasteiger partial charge in [0.2, 0.25) is 0 Å². The Morgan fingerprint density at radius 1 is 1.31 bits per heavy atom. The maximum Gasteiger partial charge on any atom is 0.320 e. The summed E-state index contributed by atoms with van der Waals surface area (Å²) >= 11 is 0. The predicted molar refractivity (Wildman–Crippen MR) is 54.8 cm³/mol. The Morgan fingerprint density at radius 3 is 2.31 bits per heavy atom. The van der Waals surface area contributed by atoms with E-state index in [0.717, 1.165) is 0 Å². The van der Waals surface area contributed by atoms with Gasteiger partial charge in [-0.25, -0.2) is 4.79 Å². The molecule has 13 heavy (non-hydrogen) atoms. The van der Waals surface area contributed by atoms with Crippen molar-refractivity contribution >= 4 is 8.24 Å². The zero-order valence-electron chi connectivity index (χ0n) is 8.34. The van der Waals surface area contributed by atoms with E-state index in [1.165, 1.54) is 0 Å². The van der Waals surface area contributed by atoms with Gasteiger partial charge in [-0.3, -0.25) is 9.78 Å². The maximum absolute atomic E-state index is 11.4. The molecule has 0 aliphatic heterocycles. The summed E-state index contributed by atoms with van der Waals surface area (Å²) in [6.45, 7) is 7.85. The highest BCUT2D eigenvalue weighted by Crippen LogP contribution is 2.01. The van der Waals surface area contributed by atoms with Gasteiger partial charge in [-0.2, -0.15) is 0 Å². The molecule has 1 N–H and O–H groups in total. The number of aromatic nitrogens is 2. The Labute approximate surface area is 77.3 Å². The van der Waals surface area contributed by atoms with Gasteiger partial charge in [0, 0.05) is 11.8 Å². The van der Waals surface area contributed by atoms with Crippen molar-refractivity contribution < 1.29 is 0 Å². The second-order valence-electron chi connectivity index (χ2n) is 4.11. The average molecular weight is 198 g/mol. The van der Waals surface area contributed by atoms with Gasteiger partial charge in [0.1, 0.15) is 0 Å². The molecule has 1 rings (SSSR count). The van der Waals surface area contributed by atoms with Crippen molar-refractivity contribution in [3.63, 3.8) is 0 Å². The second-order valence-corrected chi connectivity index (χ2v) is 8.94. The Balaban J connectivity index is 3.51. The van der Waals surface area contributed by atoms with E-state index in [2.05, 4.69) is 4.98 Å². The highest BCUT2D eigenvalue weighted by Gasteiger charge is 2.18. The van der Waals surface area contributed by atoms with Gasteiger partial charge in [-0.05, 0) is 6.92 Å². The number of rotatable bonds is 1. The topological polar surface area (TPSA) is 54.9 Å². The molecule has 1 aromatic rings. The monoisotopic (exact) mass is 198 g/mol. The van der Waals surface area contributed by atoms with Crippen LogP contribution in [0, 0.1) is 6.92 Å². The molecule has 0 radical (unpaired) electrons. The Morgan fingerprint density at radius 2 is 1.85 bits per heavy atom. The van der Waals surface area contributed by atoms with Crippen LogP contribution in [-0.4, -0.2) is 17.5 Å². The molecular weight excluding hydrogens is 184 g/mol. The summed E-state index contributed by atoms with van der Waals surface area (Å²) in [4.78, 5) is 24.7. The molecule has 0 aromatic carbocycles. The van der Waals surface area contributed by atoms with Crippen molar-refractivity contribution in [2.75, 3.05) is 0 Å². The van der Waals surface area contributed by atoms with Gasteiger partial charge in [0.25, 0.3) is 5.56 Å². The lowest BCUT2D eigenvalue weighted by molar-refractivity contribution is 0.917. The SMILES string of the molecule is Cc1cn([Si](C)(C)C)c(=O)[nH]c1=O. The van der Waals surface area contributed by atoms with Crippen LogP contribution in [0.1, 0.15) is 5.56 Å². The van der Waals surface area contributed by atoms with E-state index in [0.29, 0.717) is 5.56 Å². The minimum Gasteiger partial charge on any atom is -0.329 e. The maximum atomic E-state index is 11.4. The average Bonchev–Trinajstić information content (AvgIpc) is 1.94. The van der Waals surface area contributed by atoms with Crippen LogP contribution < -0.4 is 11.2 Å². The predicted octanol–water partition coefficient (Wildman–Crippen LogP) is 0.528. The van der Waals surface area contributed by atoms with Crippen molar-refractivity contribution in [1.29, 1.82) is 0 Å². The Bertz CT molecular complexity index is 425. The molecule has 1 aromatic heterocycles. The molecule has 4 nitrogen and oxygen atoms in total. The molecule has 0 saturated heterocycles. The zero-order valence-corrected chi connectivity index (χ0v) is 9.34. The molecule has 0 bridgehead atoms. The quantitative estimate of drug-likeness (QED) is 0.669. The lowest BCUT2D eigenvalue weighted by atomic mass is 10.4. The third-order valence-corrected chi connectivity index (χ3v) is 3.62. The number of H-pyrrole nitrogens is 1. The summed E-state index contributed by atoms with van der Waals surface area (Å²) in [5, 5.41) is 0. The number of nitrogens with zero attached hydrogens (tertiary/aromatic N) is 1. The molecule has 1 heterocycles. The van der Waals surface area contributed by atoms with Gasteiger partial charge in [-0.1, -0.05) is 19.6 Å². The lowest BCUT2D eigenvalue weighted by Gasteiger charge is -2.19. The van der Waals surface area contributed by atoms with Crippen LogP contribution in [0.2, 0.25) is 19.6 Å². The Kier molecular flexibility index (Phi) is 2.29. The molecule has 0 aliphatic carbocycles. The molecule has 0 fully saturated rings. The number of aromatic amines is 1. The summed E-state index contributed by atoms with van der Waals surface area (Å²) in [7, 11) is -1.70. The third kappa shape index (κ3) is 1.98. The minimum atomic E-state index is -1.70. The van der Waals surface area contributed by atoms with E-state index in [9.17, 15) is 9.59 Å². The standard InChI is InChI=1S/C8H14N2O2Si/c1-6-5-10(13(2,3)4)8(12)9-7(6)11/h5H,1-4H3,(H,9,11,12). The highest BCUT2D eigenvalue weighted by molar-refractivity contribution is 6.74. The fourth-order valence-electron chi connectivity index (χ4n) is 1.07. The summed E-state index contributed by atoms with van der Waals surface area (Å²) in [6, 6.07) is 0. The number of hydrogen-bond donors (Lipinski definition) is 1. The minimum absolute atomic E-state index is 0.292. The normalized spacial score (nSPS) is 11.7. The fourth-order valence-corrected chi connectivity index (χ4v) is 2.31. The number of nitrogens with one attached hydrogen (secondary N) is 1. The summed E-state index contributed by atoms with van der Waals surface area (Å²) < 4.78 is 1.66. The third-order valence-electron chi connectivity index (χ3n) is 1.84. The molecule has 72 valence electrons. The van der Waals surface area contributed by atoms with Crippen LogP contribution in [0.4, 0.5) is 0 Å². The van der Waals surface area contributed by atoms with Gasteiger partial charge < -0.3 is 4.23 Å². The molecule has 0 aliphatic rings. The van der Waals surface area contributed by atoms with Crippen LogP contribution in [0.5, 0.6) is 0 Å². The number of hydrogen-bond acceptors (Lipinski definition) is 2. The van der Waals surface area contributed by atoms with Gasteiger partial charge >= 0.3 is 5.69 Å². The van der Waals surface area contributed by atoms with E-state index in [1.807, 2.05) is 19.6 Å². The van der Waals surface area contributed by atoms with Crippen molar-refractivity contribution in [3.05, 3.63) is 32.6 Å². The summed E-state index contributed by atoms with van der Waals surface area (Å²) in [5.41, 5.74) is -0.00343. The molecule has 0 unspecified atom stereocenters. The summed E-state index contributed by atoms with van der Waals surface area (Å²) in [6.07, 6.45) is 1.65. The van der Waals surface area contributed by atoms with E-state index in [1.54, 1.807) is 17.4 Å². The van der Waals surface area contributed by atoms with Crippen LogP contribution in [0.3, 0.4) is 0 Å². The van der Waals surface area contributed by atoms with Crippen LogP contribution in [0.15, 0.2) is 15.8 Å². The van der Waals surface area contributed by atoms with Gasteiger partial charge in [-0.15, -0.1) is 0 Å². The van der Waals surface area contributed by atoms with Crippen LogP contribution >= 0.6 is 0 Å². The highest BCUT2D eigenvalue weighted by atomic mass is 28.3. The van der Waals surface area contributed by atoms with Crippen molar-refractivity contribution in [3.8, 4) is 0 Å². The largest absolute Gasteiger partial charge is 0.329 e. The second kappa shape index (κ2) is 2.99. The first-order valence-electron chi connectivity index (χ1n) is 4.15. The first kappa shape index (κ1) is 9.98. The van der Waals surface area contributed by atoms with Crippen LogP contribution in [-0.2, 0) is 0 Å². The molecule has 5 heteroatoms. The van der Waals surface area contributed by atoms with Gasteiger partial charge in [0.05, 0.1) is 0 Å². The van der Waals surface area contributed by atoms with Crippen molar-refractivity contribution in [2.45, 2.75) is 26.6 Å². The Hall–Kier alpha value is -1.10. The first-order chi connectivity index (χ1) is 5.82. The van der Waals surface area contributed by atoms with E-state index >= 15 is 0 Å². The van der Waals surface area contributed by atoms with Crippen molar-refractivity contribution in [2.24, 2.45) is 0 Å². The molecule has 0 saturated carbocycles. The first-order valence-corrected chi connectivity index (χ1v) is 7.60. The van der Waals surface area contributed by atoms with Gasteiger partial charge in [0.15, 0.2) is 8.24 Å². The number of aryl methyl sites for hydroxylation is 1. The summed E-state index contributed by atoms with van der Waals surface area (Å²) in [5.74, 6) is 0.